The van der Waals surface area contributed by atoms with Crippen LogP contribution in [0.2, 0.25) is 0 Å². The number of hydrogen-bond donors (Lipinski definition) is 3. The molecular weight excluding hydrogens is 216 g/mol. The first-order valence-electron chi connectivity index (χ1n) is 5.83. The highest BCUT2D eigenvalue weighted by molar-refractivity contribution is 5.96. The Hall–Kier alpha value is -1.36. The lowest BCUT2D eigenvalue weighted by Crippen LogP contribution is -2.47. The molecule has 1 aromatic rings. The van der Waals surface area contributed by atoms with Gasteiger partial charge in [0.05, 0.1) is 5.54 Å². The average molecular weight is 238 g/mol. The van der Waals surface area contributed by atoms with Crippen molar-refractivity contribution in [1.82, 2.24) is 10.2 Å². The van der Waals surface area contributed by atoms with Crippen LogP contribution in [0.1, 0.15) is 46.7 Å². The highest BCUT2D eigenvalue weighted by Gasteiger charge is 2.27. The number of aromatic nitrogens is 2. The van der Waals surface area contributed by atoms with Gasteiger partial charge < -0.3 is 11.1 Å². The van der Waals surface area contributed by atoms with Crippen LogP contribution >= 0.6 is 0 Å². The molecule has 1 unspecified atom stereocenters. The van der Waals surface area contributed by atoms with E-state index in [0.717, 1.165) is 5.69 Å². The summed E-state index contributed by atoms with van der Waals surface area (Å²) in [6, 6.07) is 1.84. The minimum absolute atomic E-state index is 0.0211. The summed E-state index contributed by atoms with van der Waals surface area (Å²) >= 11 is 0. The van der Waals surface area contributed by atoms with Gasteiger partial charge in [-0.25, -0.2) is 0 Å². The maximum absolute atomic E-state index is 11.8. The molecule has 0 aliphatic carbocycles. The summed E-state index contributed by atoms with van der Waals surface area (Å²) < 4.78 is 0. The average Bonchev–Trinajstić information content (AvgIpc) is 2.65. The number of nitrogens with one attached hydrogen (secondary N) is 2. The Morgan fingerprint density at radius 3 is 2.47 bits per heavy atom. The zero-order chi connectivity index (χ0) is 13.3. The molecule has 96 valence electrons. The number of carbonyl (C=O) groups is 1. The predicted molar refractivity (Wildman–Crippen MR) is 68.8 cm³/mol. The Kier molecular flexibility index (Phi) is 3.62. The lowest BCUT2D eigenvalue weighted by atomic mass is 9.92. The van der Waals surface area contributed by atoms with Crippen molar-refractivity contribution >= 4 is 11.7 Å². The fourth-order valence-electron chi connectivity index (χ4n) is 1.19. The van der Waals surface area contributed by atoms with E-state index >= 15 is 0 Å². The molecule has 1 aromatic heterocycles. The van der Waals surface area contributed by atoms with E-state index < -0.39 is 5.54 Å². The number of carbonyl (C=O) groups excluding carboxylic acids is 1. The minimum atomic E-state index is -0.860. The summed E-state index contributed by atoms with van der Waals surface area (Å²) in [7, 11) is 0. The van der Waals surface area contributed by atoms with Crippen LogP contribution in [-0.4, -0.2) is 21.6 Å². The molecule has 0 radical (unpaired) electrons. The van der Waals surface area contributed by atoms with E-state index in [1.165, 1.54) is 0 Å². The second-order valence-corrected chi connectivity index (χ2v) is 5.64. The fourth-order valence-corrected chi connectivity index (χ4v) is 1.19. The van der Waals surface area contributed by atoms with Crippen LogP contribution in [0.25, 0.3) is 0 Å². The number of hydrogen-bond acceptors (Lipinski definition) is 3. The van der Waals surface area contributed by atoms with Crippen LogP contribution < -0.4 is 11.1 Å². The summed E-state index contributed by atoms with van der Waals surface area (Å²) in [6.45, 7) is 9.81. The standard InChI is InChI=1S/C12H22N4O/c1-6-12(5,13)10(17)14-9-7-8(15-16-9)11(2,3)4/h7H,6,13H2,1-5H3,(H2,14,15,16,17). The van der Waals surface area contributed by atoms with Gasteiger partial charge in [0, 0.05) is 17.2 Å². The molecule has 0 saturated carbocycles. The lowest BCUT2D eigenvalue weighted by Gasteiger charge is -2.20. The van der Waals surface area contributed by atoms with Crippen molar-refractivity contribution in [3.05, 3.63) is 11.8 Å². The van der Waals surface area contributed by atoms with Gasteiger partial charge in [0.1, 0.15) is 0 Å². The number of nitrogens with two attached hydrogens (primary N) is 1. The van der Waals surface area contributed by atoms with Crippen LogP contribution in [0.3, 0.4) is 0 Å². The first kappa shape index (κ1) is 13.7. The van der Waals surface area contributed by atoms with Crippen molar-refractivity contribution in [3.63, 3.8) is 0 Å². The molecule has 1 amide bonds. The topological polar surface area (TPSA) is 83.8 Å². The summed E-state index contributed by atoms with van der Waals surface area (Å²) in [5.41, 5.74) is 5.94. The molecule has 5 heteroatoms. The molecule has 0 bridgehead atoms. The number of aromatic amines is 1. The van der Waals surface area contributed by atoms with E-state index in [1.54, 1.807) is 6.92 Å². The van der Waals surface area contributed by atoms with E-state index in [-0.39, 0.29) is 11.3 Å². The maximum Gasteiger partial charge on any atom is 0.245 e. The second-order valence-electron chi connectivity index (χ2n) is 5.64. The third kappa shape index (κ3) is 3.30. The van der Waals surface area contributed by atoms with Crippen molar-refractivity contribution in [2.24, 2.45) is 5.73 Å². The van der Waals surface area contributed by atoms with E-state index in [1.807, 2.05) is 13.0 Å². The molecule has 4 N–H and O–H groups in total. The molecule has 1 rings (SSSR count). The smallest absolute Gasteiger partial charge is 0.245 e. The Bertz CT molecular complexity index is 401. The van der Waals surface area contributed by atoms with Gasteiger partial charge in [0.25, 0.3) is 0 Å². The molecule has 5 nitrogen and oxygen atoms in total. The molecule has 0 fully saturated rings. The molecule has 0 aromatic carbocycles. The van der Waals surface area contributed by atoms with Crippen LogP contribution in [0.5, 0.6) is 0 Å². The molecule has 1 atom stereocenters. The summed E-state index contributed by atoms with van der Waals surface area (Å²) in [6.07, 6.45) is 0.579. The second kappa shape index (κ2) is 4.49. The quantitative estimate of drug-likeness (QED) is 0.750. The zero-order valence-electron chi connectivity index (χ0n) is 11.2. The van der Waals surface area contributed by atoms with Gasteiger partial charge >= 0.3 is 0 Å². The molecule has 17 heavy (non-hydrogen) atoms. The molecular formula is C12H22N4O. The van der Waals surface area contributed by atoms with Gasteiger partial charge in [-0.1, -0.05) is 27.7 Å². The van der Waals surface area contributed by atoms with Crippen molar-refractivity contribution in [1.29, 1.82) is 0 Å². The lowest BCUT2D eigenvalue weighted by molar-refractivity contribution is -0.120. The maximum atomic E-state index is 11.8. The van der Waals surface area contributed by atoms with Crippen molar-refractivity contribution in [3.8, 4) is 0 Å². The molecule has 0 spiro atoms. The predicted octanol–water partition coefficient (Wildman–Crippen LogP) is 1.77. The van der Waals surface area contributed by atoms with Gasteiger partial charge in [-0.2, -0.15) is 5.10 Å². The van der Waals surface area contributed by atoms with Gasteiger partial charge in [-0.05, 0) is 13.3 Å². The molecule has 0 aliphatic heterocycles. The third-order valence-corrected chi connectivity index (χ3v) is 2.88. The summed E-state index contributed by atoms with van der Waals surface area (Å²) in [4.78, 5) is 11.8. The van der Waals surface area contributed by atoms with Gasteiger partial charge in [-0.3, -0.25) is 9.89 Å². The first-order chi connectivity index (χ1) is 7.66. The first-order valence-corrected chi connectivity index (χ1v) is 5.83. The Labute approximate surface area is 102 Å². The van der Waals surface area contributed by atoms with Gasteiger partial charge in [0.2, 0.25) is 5.91 Å². The highest BCUT2D eigenvalue weighted by Crippen LogP contribution is 2.22. The van der Waals surface area contributed by atoms with E-state index in [0.29, 0.717) is 12.2 Å². The van der Waals surface area contributed by atoms with Crippen LogP contribution in [0, 0.1) is 0 Å². The molecule has 0 saturated heterocycles. The number of anilines is 1. The fraction of sp³-hybridized carbons (Fsp3) is 0.667. The van der Waals surface area contributed by atoms with Gasteiger partial charge in [0.15, 0.2) is 5.82 Å². The largest absolute Gasteiger partial charge is 0.318 e. The Morgan fingerprint density at radius 2 is 2.06 bits per heavy atom. The molecule has 0 aliphatic rings. The van der Waals surface area contributed by atoms with E-state index in [2.05, 4.69) is 36.3 Å². The van der Waals surface area contributed by atoms with Crippen molar-refractivity contribution < 1.29 is 4.79 Å². The normalized spacial score (nSPS) is 15.4. The monoisotopic (exact) mass is 238 g/mol. The van der Waals surface area contributed by atoms with Crippen molar-refractivity contribution in [2.75, 3.05) is 5.32 Å². The zero-order valence-corrected chi connectivity index (χ0v) is 11.2. The van der Waals surface area contributed by atoms with Crippen molar-refractivity contribution in [2.45, 2.75) is 52.0 Å². The minimum Gasteiger partial charge on any atom is -0.318 e. The number of H-pyrrole nitrogens is 1. The molecule has 1 heterocycles. The Balaban J connectivity index is 2.77. The summed E-state index contributed by atoms with van der Waals surface area (Å²) in [5, 5.41) is 9.69. The van der Waals surface area contributed by atoms with E-state index in [4.69, 9.17) is 5.73 Å². The number of amides is 1. The van der Waals surface area contributed by atoms with Crippen LogP contribution in [0.15, 0.2) is 6.07 Å². The number of nitrogens with zero attached hydrogens (tertiary/aromatic N) is 1. The summed E-state index contributed by atoms with van der Waals surface area (Å²) in [5.74, 6) is 0.303. The third-order valence-electron chi connectivity index (χ3n) is 2.88. The van der Waals surface area contributed by atoms with Crippen LogP contribution in [0.4, 0.5) is 5.82 Å². The van der Waals surface area contributed by atoms with Gasteiger partial charge in [-0.15, -0.1) is 0 Å². The SMILES string of the molecule is CCC(C)(N)C(=O)Nc1cc(C(C)(C)C)[nH]n1. The highest BCUT2D eigenvalue weighted by atomic mass is 16.2. The van der Waals surface area contributed by atoms with E-state index in [9.17, 15) is 4.79 Å². The Morgan fingerprint density at radius 1 is 1.47 bits per heavy atom. The number of rotatable bonds is 3. The van der Waals surface area contributed by atoms with Crippen LogP contribution in [-0.2, 0) is 10.2 Å².